The number of ketones is 1. The van der Waals surface area contributed by atoms with Gasteiger partial charge in [0.15, 0.2) is 5.78 Å². The number of fused-ring (bicyclic) bond motifs is 2. The number of Topliss-reactive ketones (excluding diaryl/α,β-unsaturated/α-hetero) is 1. The zero-order valence-electron chi connectivity index (χ0n) is 21.9. The first-order chi connectivity index (χ1) is 17.7. The normalized spacial score (nSPS) is 23.6. The van der Waals surface area contributed by atoms with Gasteiger partial charge in [-0.25, -0.2) is 4.98 Å². The fourth-order valence-electron chi connectivity index (χ4n) is 5.64. The first-order valence-electron chi connectivity index (χ1n) is 13.5. The minimum Gasteiger partial charge on any atom is -0.382 e. The first-order valence-corrected chi connectivity index (χ1v) is 13.5. The largest absolute Gasteiger partial charge is 0.382 e. The van der Waals surface area contributed by atoms with Crippen LogP contribution in [0.15, 0.2) is 36.5 Å². The zero-order valence-corrected chi connectivity index (χ0v) is 21.9. The minimum atomic E-state index is -0.520. The third-order valence-electron chi connectivity index (χ3n) is 8.24. The van der Waals surface area contributed by atoms with Crippen molar-refractivity contribution >= 4 is 29.1 Å². The van der Waals surface area contributed by atoms with E-state index in [1.807, 2.05) is 19.1 Å². The molecule has 1 aromatic carbocycles. The summed E-state index contributed by atoms with van der Waals surface area (Å²) in [6.45, 7) is 6.23. The number of carbonyl (C=O) groups is 3. The second-order valence-electron chi connectivity index (χ2n) is 11.3. The van der Waals surface area contributed by atoms with Gasteiger partial charge in [0.05, 0.1) is 5.56 Å². The number of piperidine rings is 1. The molecule has 4 atom stereocenters. The molecule has 3 heterocycles. The van der Waals surface area contributed by atoms with Crippen molar-refractivity contribution < 1.29 is 14.4 Å². The van der Waals surface area contributed by atoms with Crippen molar-refractivity contribution in [2.24, 2.45) is 17.6 Å². The number of nitrogens with two attached hydrogens (primary N) is 1. The van der Waals surface area contributed by atoms with Crippen LogP contribution in [0.5, 0.6) is 0 Å². The third kappa shape index (κ3) is 5.33. The summed E-state index contributed by atoms with van der Waals surface area (Å²) >= 11 is 0. The van der Waals surface area contributed by atoms with Crippen molar-refractivity contribution in [3.63, 3.8) is 0 Å². The number of anilines is 2. The molecule has 1 saturated carbocycles. The Bertz CT molecular complexity index is 1180. The fourth-order valence-corrected chi connectivity index (χ4v) is 5.64. The number of aromatic nitrogens is 1. The molecule has 3 fully saturated rings. The van der Waals surface area contributed by atoms with Crippen LogP contribution in [0.25, 0.3) is 0 Å². The molecule has 3 aliphatic rings. The van der Waals surface area contributed by atoms with Crippen molar-refractivity contribution in [3.8, 4) is 0 Å². The van der Waals surface area contributed by atoms with E-state index in [-0.39, 0.29) is 29.7 Å². The highest BCUT2D eigenvalue weighted by atomic mass is 16.2. The predicted molar refractivity (Wildman–Crippen MR) is 144 cm³/mol. The topological polar surface area (TPSA) is 117 Å². The molecule has 2 aromatic rings. The van der Waals surface area contributed by atoms with Crippen LogP contribution in [-0.2, 0) is 0 Å². The molecule has 2 bridgehead atoms. The highest BCUT2D eigenvalue weighted by molar-refractivity contribution is 6.02. The number of rotatable bonds is 9. The van der Waals surface area contributed by atoms with E-state index in [1.54, 1.807) is 24.4 Å². The van der Waals surface area contributed by atoms with Crippen molar-refractivity contribution in [3.05, 3.63) is 53.2 Å². The molecule has 0 unspecified atom stereocenters. The molecule has 8 nitrogen and oxygen atoms in total. The number of hydrogen-bond acceptors (Lipinski definition) is 6. The summed E-state index contributed by atoms with van der Waals surface area (Å²) in [5.74, 6) is 1.01. The summed E-state index contributed by atoms with van der Waals surface area (Å²) in [7, 11) is 0. The Balaban J connectivity index is 1.25. The molecule has 196 valence electrons. The van der Waals surface area contributed by atoms with Crippen LogP contribution in [0, 0.1) is 11.8 Å². The quantitative estimate of drug-likeness (QED) is 0.443. The van der Waals surface area contributed by atoms with E-state index in [2.05, 4.69) is 34.4 Å². The number of nitrogens with zero attached hydrogens (tertiary/aromatic N) is 2. The molecule has 2 saturated heterocycles. The molecule has 37 heavy (non-hydrogen) atoms. The lowest BCUT2D eigenvalue weighted by Crippen LogP contribution is -2.50. The van der Waals surface area contributed by atoms with Gasteiger partial charge in [-0.2, -0.15) is 0 Å². The van der Waals surface area contributed by atoms with Gasteiger partial charge in [-0.3, -0.25) is 14.4 Å². The summed E-state index contributed by atoms with van der Waals surface area (Å²) in [5.41, 5.74) is 7.76. The van der Waals surface area contributed by atoms with Gasteiger partial charge in [0.1, 0.15) is 5.82 Å². The molecule has 1 aliphatic carbocycles. The first kappa shape index (κ1) is 25.2. The number of carbonyl (C=O) groups excluding carboxylic acids is 3. The van der Waals surface area contributed by atoms with E-state index in [1.165, 1.54) is 0 Å². The Morgan fingerprint density at radius 1 is 0.973 bits per heavy atom. The number of hydrogen-bond donors (Lipinski definition) is 3. The highest BCUT2D eigenvalue weighted by Crippen LogP contribution is 2.39. The Labute approximate surface area is 218 Å². The second kappa shape index (κ2) is 10.1. The second-order valence-corrected chi connectivity index (χ2v) is 11.3. The lowest BCUT2D eigenvalue weighted by molar-refractivity contribution is 0.0924. The van der Waals surface area contributed by atoms with Gasteiger partial charge in [-0.1, -0.05) is 13.8 Å². The summed E-state index contributed by atoms with van der Waals surface area (Å²) < 4.78 is 0. The maximum atomic E-state index is 13.2. The average Bonchev–Trinajstić information content (AvgIpc) is 3.68. The van der Waals surface area contributed by atoms with Gasteiger partial charge >= 0.3 is 0 Å². The molecule has 4 N–H and O–H groups in total. The molecule has 2 amide bonds. The van der Waals surface area contributed by atoms with E-state index < -0.39 is 5.91 Å². The maximum Gasteiger partial charge on any atom is 0.251 e. The number of primary amides is 1. The van der Waals surface area contributed by atoms with E-state index in [4.69, 9.17) is 5.73 Å². The number of amides is 2. The van der Waals surface area contributed by atoms with E-state index in [0.29, 0.717) is 40.4 Å². The van der Waals surface area contributed by atoms with Gasteiger partial charge in [0.2, 0.25) is 0 Å². The van der Waals surface area contributed by atoms with Crippen molar-refractivity contribution in [1.82, 2.24) is 10.3 Å². The van der Waals surface area contributed by atoms with E-state index in [9.17, 15) is 14.4 Å². The monoisotopic (exact) mass is 503 g/mol. The Kier molecular flexibility index (Phi) is 6.92. The maximum absolute atomic E-state index is 13.2. The standard InChI is InChI=1S/C29H37N5O3/c1-16(2)17(3)32-25-12-19(6-10-24(25)28(30)36)29(37)33-21-13-22-8-9-23(14-21)34(22)26-11-7-20(15-31-26)27(35)18-4-5-18/h6-7,10-12,15-18,21-23,32H,4-5,8-9,13-14H2,1-3H3,(H2,30,36)(H,33,37)/t17-,21-,22+,23-/m0/s1. The van der Waals surface area contributed by atoms with Crippen molar-refractivity contribution in [2.75, 3.05) is 10.2 Å². The molecular formula is C29H37N5O3. The molecule has 0 spiro atoms. The molecule has 0 radical (unpaired) electrons. The van der Waals surface area contributed by atoms with Gasteiger partial charge in [0.25, 0.3) is 11.8 Å². The van der Waals surface area contributed by atoms with Crippen LogP contribution < -0.4 is 21.3 Å². The van der Waals surface area contributed by atoms with Gasteiger partial charge in [0, 0.05) is 53.1 Å². The van der Waals surface area contributed by atoms with Crippen LogP contribution in [0.4, 0.5) is 11.5 Å². The van der Waals surface area contributed by atoms with Crippen LogP contribution in [0.3, 0.4) is 0 Å². The Morgan fingerprint density at radius 3 is 2.22 bits per heavy atom. The lowest BCUT2D eigenvalue weighted by atomic mass is 9.96. The van der Waals surface area contributed by atoms with Crippen molar-refractivity contribution in [2.45, 2.75) is 83.5 Å². The molecular weight excluding hydrogens is 466 g/mol. The van der Waals surface area contributed by atoms with Crippen LogP contribution >= 0.6 is 0 Å². The summed E-state index contributed by atoms with van der Waals surface area (Å²) in [6.07, 6.45) is 7.54. The molecule has 8 heteroatoms. The zero-order chi connectivity index (χ0) is 26.3. The minimum absolute atomic E-state index is 0.0683. The number of pyridine rings is 1. The van der Waals surface area contributed by atoms with E-state index in [0.717, 1.165) is 44.3 Å². The van der Waals surface area contributed by atoms with Crippen molar-refractivity contribution in [1.29, 1.82) is 0 Å². The molecule has 1 aromatic heterocycles. The predicted octanol–water partition coefficient (Wildman–Crippen LogP) is 4.16. The van der Waals surface area contributed by atoms with Gasteiger partial charge in [-0.15, -0.1) is 0 Å². The third-order valence-corrected chi connectivity index (χ3v) is 8.24. The Morgan fingerprint density at radius 2 is 1.65 bits per heavy atom. The summed E-state index contributed by atoms with van der Waals surface area (Å²) in [6, 6.07) is 9.72. The summed E-state index contributed by atoms with van der Waals surface area (Å²) in [4.78, 5) is 44.5. The number of benzene rings is 1. The van der Waals surface area contributed by atoms with Crippen LogP contribution in [0.1, 0.15) is 90.4 Å². The Hall–Kier alpha value is -3.42. The number of nitrogens with one attached hydrogen (secondary N) is 2. The molecule has 2 aliphatic heterocycles. The smallest absolute Gasteiger partial charge is 0.251 e. The van der Waals surface area contributed by atoms with E-state index >= 15 is 0 Å². The van der Waals surface area contributed by atoms with Crippen LogP contribution in [0.2, 0.25) is 0 Å². The van der Waals surface area contributed by atoms with Gasteiger partial charge < -0.3 is 21.3 Å². The summed E-state index contributed by atoms with van der Waals surface area (Å²) in [5, 5.41) is 6.57. The average molecular weight is 504 g/mol. The van der Waals surface area contributed by atoms with Crippen LogP contribution in [-0.4, -0.2) is 46.7 Å². The van der Waals surface area contributed by atoms with Gasteiger partial charge in [-0.05, 0) is 81.7 Å². The molecule has 5 rings (SSSR count). The lowest BCUT2D eigenvalue weighted by Gasteiger charge is -2.40. The fraction of sp³-hybridized carbons (Fsp3) is 0.517. The SMILES string of the molecule is CC(C)[C@H](C)Nc1cc(C(=O)N[C@H]2C[C@H]3CC[C@@H](C2)N3c2ccc(C(=O)C3CC3)cn2)ccc1C(N)=O. The highest BCUT2D eigenvalue weighted by Gasteiger charge is 2.42.